The van der Waals surface area contributed by atoms with Gasteiger partial charge in [-0.05, 0) is 71.7 Å². The molecular weight excluding hydrogens is 358 g/mol. The molecule has 0 saturated carbocycles. The Hall–Kier alpha value is -3.07. The Balaban J connectivity index is 1.43. The van der Waals surface area contributed by atoms with Crippen molar-refractivity contribution < 1.29 is 9.21 Å². The van der Waals surface area contributed by atoms with Crippen molar-refractivity contribution in [2.75, 3.05) is 0 Å². The van der Waals surface area contributed by atoms with E-state index in [1.165, 1.54) is 36.0 Å². The lowest BCUT2D eigenvalue weighted by Crippen LogP contribution is -2.28. The van der Waals surface area contributed by atoms with Crippen LogP contribution in [0.3, 0.4) is 0 Å². The van der Waals surface area contributed by atoms with E-state index in [1.54, 1.807) is 0 Å². The Kier molecular flexibility index (Phi) is 4.59. The van der Waals surface area contributed by atoms with Crippen molar-refractivity contribution >= 4 is 27.6 Å². The quantitative estimate of drug-likeness (QED) is 0.446. The number of carbonyl (C=O) groups excluding carboxylic acids is 1. The first-order valence-corrected chi connectivity index (χ1v) is 10.6. The summed E-state index contributed by atoms with van der Waals surface area (Å²) >= 11 is 0. The second-order valence-corrected chi connectivity index (χ2v) is 7.98. The predicted octanol–water partition coefficient (Wildman–Crippen LogP) is 6.35. The van der Waals surface area contributed by atoms with Crippen LogP contribution in [0.2, 0.25) is 0 Å². The van der Waals surface area contributed by atoms with Crippen LogP contribution in [0.1, 0.15) is 59.5 Å². The maximum Gasteiger partial charge on any atom is 0.287 e. The summed E-state index contributed by atoms with van der Waals surface area (Å²) in [6.07, 6.45) is 5.69. The van der Waals surface area contributed by atoms with Crippen molar-refractivity contribution in [3.8, 4) is 0 Å². The first-order chi connectivity index (χ1) is 14.2. The van der Waals surface area contributed by atoms with Crippen LogP contribution in [0.5, 0.6) is 0 Å². The molecule has 1 N–H and O–H groups in total. The molecule has 1 heterocycles. The molecule has 0 spiro atoms. The van der Waals surface area contributed by atoms with E-state index < -0.39 is 0 Å². The van der Waals surface area contributed by atoms with Crippen LogP contribution in [0.15, 0.2) is 65.1 Å². The molecule has 1 aliphatic carbocycles. The molecule has 3 aromatic carbocycles. The number of aryl methyl sites for hydroxylation is 2. The lowest BCUT2D eigenvalue weighted by molar-refractivity contribution is 0.0909. The maximum atomic E-state index is 13.0. The minimum atomic E-state index is -0.158. The number of benzene rings is 3. The number of amides is 1. The molecule has 1 aliphatic rings. The predicted molar refractivity (Wildman–Crippen MR) is 117 cm³/mol. The lowest BCUT2D eigenvalue weighted by atomic mass is 9.89. The molecule has 0 bridgehead atoms. The highest BCUT2D eigenvalue weighted by Crippen LogP contribution is 2.29. The van der Waals surface area contributed by atoms with E-state index in [4.69, 9.17) is 4.42 Å². The summed E-state index contributed by atoms with van der Waals surface area (Å²) in [6, 6.07) is 20.7. The van der Waals surface area contributed by atoms with E-state index in [9.17, 15) is 4.79 Å². The average Bonchev–Trinajstić information content (AvgIpc) is 3.22. The molecule has 0 unspecified atom stereocenters. The normalized spacial score (nSPS) is 14.7. The number of hydrogen-bond donors (Lipinski definition) is 1. The largest absolute Gasteiger partial charge is 0.451 e. The van der Waals surface area contributed by atoms with Gasteiger partial charge < -0.3 is 9.73 Å². The minimum absolute atomic E-state index is 0.0142. The fourth-order valence-corrected chi connectivity index (χ4v) is 4.52. The Labute approximate surface area is 170 Å². The Bertz CT molecular complexity index is 1200. The van der Waals surface area contributed by atoms with Crippen molar-refractivity contribution in [2.24, 2.45) is 0 Å². The van der Waals surface area contributed by atoms with Gasteiger partial charge in [0.15, 0.2) is 5.76 Å². The molecule has 146 valence electrons. The van der Waals surface area contributed by atoms with Gasteiger partial charge in [-0.3, -0.25) is 4.79 Å². The van der Waals surface area contributed by atoms with E-state index >= 15 is 0 Å². The van der Waals surface area contributed by atoms with Crippen LogP contribution in [-0.4, -0.2) is 5.91 Å². The number of nitrogens with one attached hydrogen (secondary N) is 1. The third-order valence-electron chi connectivity index (χ3n) is 6.14. The Morgan fingerprint density at radius 2 is 1.79 bits per heavy atom. The fraction of sp³-hybridized carbons (Fsp3) is 0.269. The Morgan fingerprint density at radius 1 is 0.966 bits per heavy atom. The number of hydrogen-bond acceptors (Lipinski definition) is 2. The van der Waals surface area contributed by atoms with Crippen LogP contribution in [0.4, 0.5) is 0 Å². The molecule has 1 atom stereocenters. The van der Waals surface area contributed by atoms with Crippen LogP contribution >= 0.6 is 0 Å². The second kappa shape index (κ2) is 7.40. The molecule has 0 radical (unpaired) electrons. The first-order valence-electron chi connectivity index (χ1n) is 10.6. The van der Waals surface area contributed by atoms with Crippen molar-refractivity contribution in [3.05, 3.63) is 83.1 Å². The van der Waals surface area contributed by atoms with Gasteiger partial charge in [-0.15, -0.1) is 0 Å². The standard InChI is InChI=1S/C26H25NO2/c1-2-23(20-12-11-17-7-3-4-9-19(17)15-20)27-26(28)25-16-22-21-10-6-5-8-18(21)13-14-24(22)29-25/h5-6,8,10-16,23H,2-4,7,9H2,1H3,(H,27,28)/t23-/m1/s1. The Morgan fingerprint density at radius 3 is 2.66 bits per heavy atom. The zero-order chi connectivity index (χ0) is 19.8. The summed E-state index contributed by atoms with van der Waals surface area (Å²) < 4.78 is 5.90. The number of furan rings is 1. The molecular formula is C26H25NO2. The summed E-state index contributed by atoms with van der Waals surface area (Å²) in [4.78, 5) is 13.0. The van der Waals surface area contributed by atoms with E-state index in [2.05, 4.69) is 42.6 Å². The number of rotatable bonds is 4. The lowest BCUT2D eigenvalue weighted by Gasteiger charge is -2.21. The smallest absolute Gasteiger partial charge is 0.287 e. The molecule has 29 heavy (non-hydrogen) atoms. The van der Waals surface area contributed by atoms with E-state index in [-0.39, 0.29) is 11.9 Å². The van der Waals surface area contributed by atoms with Crippen LogP contribution in [0, 0.1) is 0 Å². The summed E-state index contributed by atoms with van der Waals surface area (Å²) in [6.45, 7) is 2.11. The molecule has 4 aromatic rings. The molecule has 1 aromatic heterocycles. The van der Waals surface area contributed by atoms with Gasteiger partial charge in [0.05, 0.1) is 6.04 Å². The third-order valence-corrected chi connectivity index (χ3v) is 6.14. The summed E-state index contributed by atoms with van der Waals surface area (Å²) in [5.74, 6) is 0.211. The molecule has 0 saturated heterocycles. The van der Waals surface area contributed by atoms with E-state index in [1.807, 2.05) is 30.3 Å². The van der Waals surface area contributed by atoms with Gasteiger partial charge in [-0.25, -0.2) is 0 Å². The summed E-state index contributed by atoms with van der Waals surface area (Å²) in [5.41, 5.74) is 4.83. The minimum Gasteiger partial charge on any atom is -0.451 e. The fourth-order valence-electron chi connectivity index (χ4n) is 4.52. The third kappa shape index (κ3) is 3.31. The van der Waals surface area contributed by atoms with Crippen molar-refractivity contribution in [1.29, 1.82) is 0 Å². The van der Waals surface area contributed by atoms with Crippen molar-refractivity contribution in [1.82, 2.24) is 5.32 Å². The van der Waals surface area contributed by atoms with Crippen LogP contribution in [0.25, 0.3) is 21.7 Å². The topological polar surface area (TPSA) is 42.2 Å². The average molecular weight is 383 g/mol. The zero-order valence-electron chi connectivity index (χ0n) is 16.7. The second-order valence-electron chi connectivity index (χ2n) is 7.98. The van der Waals surface area contributed by atoms with Gasteiger partial charge in [0.2, 0.25) is 0 Å². The first kappa shape index (κ1) is 18.0. The molecule has 5 rings (SSSR count). The van der Waals surface area contributed by atoms with Crippen molar-refractivity contribution in [3.63, 3.8) is 0 Å². The van der Waals surface area contributed by atoms with Gasteiger partial charge in [0.25, 0.3) is 5.91 Å². The zero-order valence-corrected chi connectivity index (χ0v) is 16.7. The van der Waals surface area contributed by atoms with Gasteiger partial charge in [-0.2, -0.15) is 0 Å². The highest BCUT2D eigenvalue weighted by atomic mass is 16.3. The van der Waals surface area contributed by atoms with E-state index in [0.29, 0.717) is 5.76 Å². The van der Waals surface area contributed by atoms with Crippen LogP contribution in [-0.2, 0) is 12.8 Å². The molecule has 3 nitrogen and oxygen atoms in total. The maximum absolute atomic E-state index is 13.0. The number of fused-ring (bicyclic) bond motifs is 4. The van der Waals surface area contributed by atoms with Gasteiger partial charge in [0, 0.05) is 5.39 Å². The van der Waals surface area contributed by atoms with Crippen molar-refractivity contribution in [2.45, 2.75) is 45.1 Å². The highest BCUT2D eigenvalue weighted by molar-refractivity contribution is 6.08. The summed E-state index contributed by atoms with van der Waals surface area (Å²) in [7, 11) is 0. The summed E-state index contributed by atoms with van der Waals surface area (Å²) in [5, 5.41) is 6.42. The molecule has 1 amide bonds. The van der Waals surface area contributed by atoms with E-state index in [0.717, 1.165) is 34.6 Å². The SMILES string of the molecule is CC[C@@H](NC(=O)c1cc2c(ccc3ccccc32)o1)c1ccc2c(c1)CCCC2. The van der Waals surface area contributed by atoms with Gasteiger partial charge >= 0.3 is 0 Å². The van der Waals surface area contributed by atoms with Gasteiger partial charge in [0.1, 0.15) is 5.58 Å². The van der Waals surface area contributed by atoms with Crippen LogP contribution < -0.4 is 5.32 Å². The highest BCUT2D eigenvalue weighted by Gasteiger charge is 2.20. The molecule has 0 aliphatic heterocycles. The number of carbonyl (C=O) groups is 1. The monoisotopic (exact) mass is 383 g/mol. The van der Waals surface area contributed by atoms with Gasteiger partial charge in [-0.1, -0.05) is 55.5 Å². The molecule has 0 fully saturated rings. The molecule has 3 heteroatoms.